The molecule has 0 radical (unpaired) electrons. The van der Waals surface area contributed by atoms with Crippen LogP contribution in [0, 0.1) is 5.41 Å². The maximum absolute atomic E-state index is 5.61. The Morgan fingerprint density at radius 2 is 1.36 bits per heavy atom. The minimum Gasteiger partial charge on any atom is -0.376 e. The number of ether oxygens (including phenoxy) is 1. The fourth-order valence-corrected chi connectivity index (χ4v) is 0.663. The molecule has 0 fully saturated rings. The molecule has 0 atom stereocenters. The van der Waals surface area contributed by atoms with Gasteiger partial charge in [0, 0.05) is 6.61 Å². The van der Waals surface area contributed by atoms with E-state index >= 15 is 0 Å². The lowest BCUT2D eigenvalue weighted by Gasteiger charge is -2.23. The monoisotopic (exact) mass is 158 g/mol. The van der Waals surface area contributed by atoms with Crippen LogP contribution >= 0.6 is 0 Å². The van der Waals surface area contributed by atoms with E-state index in [4.69, 9.17) is 4.74 Å². The van der Waals surface area contributed by atoms with E-state index < -0.39 is 0 Å². The van der Waals surface area contributed by atoms with Crippen molar-refractivity contribution in [1.29, 1.82) is 0 Å². The summed E-state index contributed by atoms with van der Waals surface area (Å²) in [5.41, 5.74) is 0.413. The van der Waals surface area contributed by atoms with Crippen LogP contribution in [0.15, 0.2) is 0 Å². The van der Waals surface area contributed by atoms with Crippen LogP contribution in [-0.2, 0) is 4.74 Å². The average Bonchev–Trinajstić information content (AvgIpc) is 1.55. The highest BCUT2D eigenvalue weighted by atomic mass is 16.5. The molecule has 0 amide bonds. The highest BCUT2D eigenvalue weighted by molar-refractivity contribution is 4.63. The lowest BCUT2D eigenvalue weighted by Crippen LogP contribution is -2.22. The van der Waals surface area contributed by atoms with Crippen LogP contribution < -0.4 is 0 Å². The lowest BCUT2D eigenvalue weighted by molar-refractivity contribution is -0.0139. The molecule has 0 saturated carbocycles. The molecule has 0 bridgehead atoms. The van der Waals surface area contributed by atoms with Gasteiger partial charge in [-0.15, -0.1) is 0 Å². The highest BCUT2D eigenvalue weighted by Crippen LogP contribution is 2.19. The van der Waals surface area contributed by atoms with Gasteiger partial charge in [0.1, 0.15) is 0 Å². The van der Waals surface area contributed by atoms with Crippen molar-refractivity contribution in [2.24, 2.45) is 5.41 Å². The van der Waals surface area contributed by atoms with Gasteiger partial charge >= 0.3 is 0 Å². The Morgan fingerprint density at radius 1 is 0.909 bits per heavy atom. The van der Waals surface area contributed by atoms with Crippen molar-refractivity contribution in [2.75, 3.05) is 6.61 Å². The summed E-state index contributed by atoms with van der Waals surface area (Å²) in [6, 6.07) is 0. The summed E-state index contributed by atoms with van der Waals surface area (Å²) in [4.78, 5) is 0. The summed E-state index contributed by atoms with van der Waals surface area (Å²) in [5.74, 6) is 0. The van der Waals surface area contributed by atoms with Crippen LogP contribution in [0.3, 0.4) is 0 Å². The summed E-state index contributed by atoms with van der Waals surface area (Å²) in [6.45, 7) is 13.9. The van der Waals surface area contributed by atoms with E-state index in [1.54, 1.807) is 0 Å². The molecular weight excluding hydrogens is 136 g/mol. The fraction of sp³-hybridized carbons (Fsp3) is 1.00. The van der Waals surface area contributed by atoms with Crippen molar-refractivity contribution >= 4 is 0 Å². The van der Waals surface area contributed by atoms with Crippen molar-refractivity contribution in [1.82, 2.24) is 0 Å². The molecule has 0 aromatic rings. The van der Waals surface area contributed by atoms with Crippen LogP contribution in [0.2, 0.25) is 0 Å². The van der Waals surface area contributed by atoms with E-state index in [2.05, 4.69) is 41.5 Å². The summed E-state index contributed by atoms with van der Waals surface area (Å²) >= 11 is 0. The number of hydrogen-bond acceptors (Lipinski definition) is 1. The van der Waals surface area contributed by atoms with Gasteiger partial charge in [0.15, 0.2) is 0 Å². The van der Waals surface area contributed by atoms with Gasteiger partial charge in [0.25, 0.3) is 0 Å². The second kappa shape index (κ2) is 3.57. The average molecular weight is 158 g/mol. The van der Waals surface area contributed by atoms with E-state index in [0.717, 1.165) is 13.0 Å². The van der Waals surface area contributed by atoms with Gasteiger partial charge in [-0.2, -0.15) is 0 Å². The van der Waals surface area contributed by atoms with Crippen LogP contribution in [0.4, 0.5) is 0 Å². The summed E-state index contributed by atoms with van der Waals surface area (Å²) in [5, 5.41) is 0. The quantitative estimate of drug-likeness (QED) is 0.599. The molecule has 1 heteroatoms. The standard InChI is InChI=1S/C10H22O/c1-9(2,3)7-8-11-10(4,5)6/h7-8H2,1-6H3. The molecule has 0 rings (SSSR count). The first-order chi connectivity index (χ1) is 4.71. The van der Waals surface area contributed by atoms with Gasteiger partial charge in [0.05, 0.1) is 5.60 Å². The maximum atomic E-state index is 5.61. The van der Waals surface area contributed by atoms with Gasteiger partial charge in [-0.3, -0.25) is 0 Å². The van der Waals surface area contributed by atoms with E-state index in [0.29, 0.717) is 5.41 Å². The molecule has 68 valence electrons. The first kappa shape index (κ1) is 11.0. The molecule has 0 saturated heterocycles. The van der Waals surface area contributed by atoms with Gasteiger partial charge in [-0.25, -0.2) is 0 Å². The SMILES string of the molecule is CC(C)(C)CCOC(C)(C)C. The van der Waals surface area contributed by atoms with Crippen LogP contribution in [0.1, 0.15) is 48.0 Å². The molecule has 0 aliphatic rings. The van der Waals surface area contributed by atoms with Crippen molar-refractivity contribution < 1.29 is 4.74 Å². The van der Waals surface area contributed by atoms with Crippen molar-refractivity contribution in [3.63, 3.8) is 0 Å². The fourth-order valence-electron chi connectivity index (χ4n) is 0.663. The van der Waals surface area contributed by atoms with Crippen LogP contribution in [0.25, 0.3) is 0 Å². The van der Waals surface area contributed by atoms with Crippen molar-refractivity contribution in [3.8, 4) is 0 Å². The largest absolute Gasteiger partial charge is 0.376 e. The minimum absolute atomic E-state index is 0.0191. The maximum Gasteiger partial charge on any atom is 0.0598 e. The minimum atomic E-state index is 0.0191. The Hall–Kier alpha value is -0.0400. The predicted octanol–water partition coefficient (Wildman–Crippen LogP) is 3.24. The topological polar surface area (TPSA) is 9.23 Å². The Labute approximate surface area is 71.1 Å². The molecule has 0 aromatic heterocycles. The molecule has 0 heterocycles. The molecular formula is C10H22O. The molecule has 0 aromatic carbocycles. The Bertz CT molecular complexity index is 89.0. The molecule has 0 N–H and O–H groups in total. The van der Waals surface area contributed by atoms with Crippen LogP contribution in [-0.4, -0.2) is 12.2 Å². The third kappa shape index (κ3) is 9.96. The summed E-state index contributed by atoms with van der Waals surface area (Å²) in [7, 11) is 0. The molecule has 0 aliphatic heterocycles. The number of rotatable bonds is 2. The normalized spacial score (nSPS) is 13.6. The van der Waals surface area contributed by atoms with Gasteiger partial charge in [0.2, 0.25) is 0 Å². The Kier molecular flexibility index (Phi) is 3.56. The third-order valence-corrected chi connectivity index (χ3v) is 1.39. The van der Waals surface area contributed by atoms with Crippen molar-refractivity contribution in [2.45, 2.75) is 53.6 Å². The molecule has 0 aliphatic carbocycles. The first-order valence-electron chi connectivity index (χ1n) is 4.35. The van der Waals surface area contributed by atoms with Crippen molar-refractivity contribution in [3.05, 3.63) is 0 Å². The predicted molar refractivity (Wildman–Crippen MR) is 49.8 cm³/mol. The zero-order valence-electron chi connectivity index (χ0n) is 8.82. The Morgan fingerprint density at radius 3 is 1.64 bits per heavy atom. The van der Waals surface area contributed by atoms with E-state index in [1.807, 2.05) is 0 Å². The second-order valence-corrected chi connectivity index (χ2v) is 5.27. The number of hydrogen-bond donors (Lipinski definition) is 0. The smallest absolute Gasteiger partial charge is 0.0598 e. The summed E-state index contributed by atoms with van der Waals surface area (Å²) < 4.78 is 5.61. The molecule has 0 spiro atoms. The van der Waals surface area contributed by atoms with Gasteiger partial charge in [-0.05, 0) is 32.6 Å². The first-order valence-corrected chi connectivity index (χ1v) is 4.35. The van der Waals surface area contributed by atoms with E-state index in [1.165, 1.54) is 0 Å². The lowest BCUT2D eigenvalue weighted by atomic mass is 9.93. The third-order valence-electron chi connectivity index (χ3n) is 1.39. The van der Waals surface area contributed by atoms with Gasteiger partial charge in [-0.1, -0.05) is 20.8 Å². The van der Waals surface area contributed by atoms with Gasteiger partial charge < -0.3 is 4.74 Å². The zero-order valence-corrected chi connectivity index (χ0v) is 8.82. The second-order valence-electron chi connectivity index (χ2n) is 5.27. The molecule has 1 nitrogen and oxygen atoms in total. The molecule has 11 heavy (non-hydrogen) atoms. The highest BCUT2D eigenvalue weighted by Gasteiger charge is 2.14. The van der Waals surface area contributed by atoms with E-state index in [9.17, 15) is 0 Å². The Balaban J connectivity index is 3.44. The molecule has 0 unspecified atom stereocenters. The van der Waals surface area contributed by atoms with Crippen LogP contribution in [0.5, 0.6) is 0 Å². The van der Waals surface area contributed by atoms with E-state index in [-0.39, 0.29) is 5.60 Å². The zero-order chi connectivity index (χ0) is 9.12. The summed E-state index contributed by atoms with van der Waals surface area (Å²) in [6.07, 6.45) is 1.13.